The molecule has 1 aliphatic heterocycles. The molecule has 8 heteroatoms. The van der Waals surface area contributed by atoms with Crippen LogP contribution in [0.25, 0.3) is 16.8 Å². The molecule has 0 saturated carbocycles. The zero-order chi connectivity index (χ0) is 26.1. The van der Waals surface area contributed by atoms with Gasteiger partial charge in [0.25, 0.3) is 5.91 Å². The summed E-state index contributed by atoms with van der Waals surface area (Å²) in [4.78, 5) is 17.8. The Morgan fingerprint density at radius 3 is 2.30 bits per heavy atom. The number of amides is 1. The van der Waals surface area contributed by atoms with E-state index in [0.29, 0.717) is 22.4 Å². The lowest BCUT2D eigenvalue weighted by molar-refractivity contribution is -0.115. The van der Waals surface area contributed by atoms with E-state index in [2.05, 4.69) is 88.4 Å². The van der Waals surface area contributed by atoms with Crippen LogP contribution in [0.5, 0.6) is 5.75 Å². The van der Waals surface area contributed by atoms with E-state index in [9.17, 15) is 4.79 Å². The Labute approximate surface area is 245 Å². The molecule has 0 radical (unpaired) electrons. The third-order valence-corrected chi connectivity index (χ3v) is 9.16. The van der Waals surface area contributed by atoms with Crippen LogP contribution in [0.3, 0.4) is 0 Å². The van der Waals surface area contributed by atoms with Crippen molar-refractivity contribution in [1.29, 1.82) is 0 Å². The van der Waals surface area contributed by atoms with Crippen LogP contribution in [-0.4, -0.2) is 11.1 Å². The lowest BCUT2D eigenvalue weighted by Crippen LogP contribution is -2.19. The fraction of sp³-hybridized carbons (Fsp3) is 0.103. The molecule has 0 atom stereocenters. The molecular formula is C29H21Br3N2O2S. The zero-order valence-corrected chi connectivity index (χ0v) is 25.5. The number of thioether (sulfide) groups is 1. The Hall–Kier alpha value is -2.39. The molecule has 1 aliphatic rings. The van der Waals surface area contributed by atoms with Crippen LogP contribution >= 0.6 is 59.6 Å². The van der Waals surface area contributed by atoms with Gasteiger partial charge < -0.3 is 10.1 Å². The molecule has 0 spiro atoms. The van der Waals surface area contributed by atoms with Crippen molar-refractivity contribution >= 4 is 93.2 Å². The second-order valence-corrected chi connectivity index (χ2v) is 12.2. The van der Waals surface area contributed by atoms with E-state index in [1.807, 2.05) is 56.3 Å². The Morgan fingerprint density at radius 2 is 1.59 bits per heavy atom. The van der Waals surface area contributed by atoms with Crippen LogP contribution in [0.4, 0.5) is 5.69 Å². The second kappa shape index (κ2) is 11.2. The van der Waals surface area contributed by atoms with Crippen LogP contribution < -0.4 is 10.1 Å². The predicted molar refractivity (Wildman–Crippen MR) is 165 cm³/mol. The van der Waals surface area contributed by atoms with Gasteiger partial charge in [0.2, 0.25) is 0 Å². The van der Waals surface area contributed by atoms with Crippen LogP contribution in [0.2, 0.25) is 0 Å². The van der Waals surface area contributed by atoms with Gasteiger partial charge in [-0.25, -0.2) is 4.99 Å². The first kappa shape index (κ1) is 26.2. The van der Waals surface area contributed by atoms with E-state index in [1.54, 1.807) is 0 Å². The van der Waals surface area contributed by atoms with Crippen LogP contribution in [0.1, 0.15) is 22.3 Å². The summed E-state index contributed by atoms with van der Waals surface area (Å²) >= 11 is 12.2. The summed E-state index contributed by atoms with van der Waals surface area (Å²) in [5, 5.41) is 5.81. The summed E-state index contributed by atoms with van der Waals surface area (Å²) in [6.07, 6.45) is 1.85. The van der Waals surface area contributed by atoms with Gasteiger partial charge in [-0.15, -0.1) is 0 Å². The first-order valence-corrected chi connectivity index (χ1v) is 14.6. The van der Waals surface area contributed by atoms with Crippen molar-refractivity contribution in [2.45, 2.75) is 20.5 Å². The number of hydrogen-bond donors (Lipinski definition) is 1. The van der Waals surface area contributed by atoms with E-state index in [-0.39, 0.29) is 5.91 Å². The predicted octanol–water partition coefficient (Wildman–Crippen LogP) is 9.21. The molecule has 186 valence electrons. The Bertz CT molecular complexity index is 1570. The minimum atomic E-state index is -0.168. The lowest BCUT2D eigenvalue weighted by Gasteiger charge is -2.12. The molecule has 4 aromatic carbocycles. The highest BCUT2D eigenvalue weighted by atomic mass is 79.9. The van der Waals surface area contributed by atoms with Crippen molar-refractivity contribution in [3.63, 3.8) is 0 Å². The first-order chi connectivity index (χ1) is 17.8. The van der Waals surface area contributed by atoms with Crippen molar-refractivity contribution in [3.8, 4) is 5.75 Å². The summed E-state index contributed by atoms with van der Waals surface area (Å²) in [7, 11) is 0. The molecule has 37 heavy (non-hydrogen) atoms. The molecule has 5 rings (SSSR count). The van der Waals surface area contributed by atoms with Crippen LogP contribution in [0, 0.1) is 13.8 Å². The quantitative estimate of drug-likeness (QED) is 0.211. The van der Waals surface area contributed by atoms with Crippen molar-refractivity contribution in [2.24, 2.45) is 4.99 Å². The highest BCUT2D eigenvalue weighted by molar-refractivity contribution is 9.11. The highest BCUT2D eigenvalue weighted by Crippen LogP contribution is 2.37. The number of ether oxygens (including phenoxy) is 1. The number of rotatable bonds is 5. The Balaban J connectivity index is 1.32. The number of hydrogen-bond acceptors (Lipinski definition) is 4. The summed E-state index contributed by atoms with van der Waals surface area (Å²) in [6, 6.07) is 22.5. The summed E-state index contributed by atoms with van der Waals surface area (Å²) in [5.41, 5.74) is 4.96. The Kier molecular flexibility index (Phi) is 7.91. The third kappa shape index (κ3) is 6.03. The molecule has 0 bridgehead atoms. The number of aryl methyl sites for hydroxylation is 2. The minimum Gasteiger partial charge on any atom is -0.487 e. The van der Waals surface area contributed by atoms with E-state index < -0.39 is 0 Å². The number of nitrogens with zero attached hydrogens (tertiary/aromatic N) is 1. The molecule has 0 aromatic heterocycles. The minimum absolute atomic E-state index is 0.168. The molecule has 1 amide bonds. The number of benzene rings is 4. The molecule has 1 fully saturated rings. The SMILES string of the molecule is Cc1cc(N=C2NC(=O)/C(=C/c3cc(Br)c(OCc4ccc5ccccc5c4)c(Br)c3)S2)cc(C)c1Br. The molecule has 1 heterocycles. The van der Waals surface area contributed by atoms with Gasteiger partial charge in [0.15, 0.2) is 5.17 Å². The highest BCUT2D eigenvalue weighted by Gasteiger charge is 2.24. The van der Waals surface area contributed by atoms with Crippen molar-refractivity contribution in [2.75, 3.05) is 0 Å². The Morgan fingerprint density at radius 1 is 0.919 bits per heavy atom. The number of amidine groups is 1. The third-order valence-electron chi connectivity index (χ3n) is 5.82. The van der Waals surface area contributed by atoms with Gasteiger partial charge in [0, 0.05) is 4.47 Å². The zero-order valence-electron chi connectivity index (χ0n) is 19.9. The molecule has 0 aliphatic carbocycles. The first-order valence-electron chi connectivity index (χ1n) is 11.4. The van der Waals surface area contributed by atoms with E-state index >= 15 is 0 Å². The maximum atomic E-state index is 12.6. The molecule has 4 nitrogen and oxygen atoms in total. The van der Waals surface area contributed by atoms with Gasteiger partial charge in [-0.2, -0.15) is 0 Å². The second-order valence-electron chi connectivity index (χ2n) is 8.66. The molecule has 0 unspecified atom stereocenters. The maximum absolute atomic E-state index is 12.6. The number of aliphatic imine (C=N–C) groups is 1. The normalized spacial score (nSPS) is 15.5. The van der Waals surface area contributed by atoms with E-state index in [4.69, 9.17) is 4.74 Å². The largest absolute Gasteiger partial charge is 0.487 e. The van der Waals surface area contributed by atoms with Crippen LogP contribution in [0.15, 0.2) is 90.0 Å². The summed E-state index contributed by atoms with van der Waals surface area (Å²) in [6.45, 7) is 4.49. The lowest BCUT2D eigenvalue weighted by atomic mass is 10.1. The molecular weight excluding hydrogens is 680 g/mol. The van der Waals surface area contributed by atoms with Gasteiger partial charge in [-0.05, 0) is 127 Å². The van der Waals surface area contributed by atoms with Gasteiger partial charge in [-0.3, -0.25) is 4.79 Å². The standard InChI is InChI=1S/C29H21Br3N2O2S/c1-16-9-22(10-17(2)26(16)32)33-29-34-28(35)25(37-29)14-19-12-23(30)27(24(31)13-19)36-15-18-7-8-20-5-3-4-6-21(20)11-18/h3-14H,15H2,1-2H3,(H,33,34,35)/b25-14-. The topological polar surface area (TPSA) is 50.7 Å². The fourth-order valence-corrected chi connectivity index (χ4v) is 6.54. The van der Waals surface area contributed by atoms with Crippen molar-refractivity contribution in [3.05, 3.63) is 107 Å². The maximum Gasteiger partial charge on any atom is 0.264 e. The van der Waals surface area contributed by atoms with Gasteiger partial charge in [0.05, 0.1) is 19.5 Å². The van der Waals surface area contributed by atoms with Crippen molar-refractivity contribution in [1.82, 2.24) is 5.32 Å². The number of carbonyl (C=O) groups excluding carboxylic acids is 1. The van der Waals surface area contributed by atoms with Crippen LogP contribution in [-0.2, 0) is 11.4 Å². The molecule has 4 aromatic rings. The number of halogens is 3. The van der Waals surface area contributed by atoms with Gasteiger partial charge in [-0.1, -0.05) is 52.3 Å². The average Bonchev–Trinajstić information content (AvgIpc) is 3.19. The smallest absolute Gasteiger partial charge is 0.264 e. The number of nitrogens with one attached hydrogen (secondary N) is 1. The molecule has 1 saturated heterocycles. The summed E-state index contributed by atoms with van der Waals surface area (Å²) < 4.78 is 8.81. The van der Waals surface area contributed by atoms with Gasteiger partial charge in [0.1, 0.15) is 12.4 Å². The monoisotopic (exact) mass is 698 g/mol. The fourth-order valence-electron chi connectivity index (χ4n) is 4.02. The van der Waals surface area contributed by atoms with Gasteiger partial charge >= 0.3 is 0 Å². The number of carbonyl (C=O) groups is 1. The van der Waals surface area contributed by atoms with E-state index in [1.165, 1.54) is 22.5 Å². The summed E-state index contributed by atoms with van der Waals surface area (Å²) in [5.74, 6) is 0.542. The number of fused-ring (bicyclic) bond motifs is 1. The van der Waals surface area contributed by atoms with Crippen molar-refractivity contribution < 1.29 is 9.53 Å². The van der Waals surface area contributed by atoms with E-state index in [0.717, 1.165) is 41.4 Å². The average molecular weight is 701 g/mol. The molecule has 1 N–H and O–H groups in total.